The molecule has 52 valence electrons. The van der Waals surface area contributed by atoms with Crippen LogP contribution in [0.25, 0.3) is 0 Å². The molecule has 0 aromatic heterocycles. The first-order valence-corrected chi connectivity index (χ1v) is 3.00. The molecule has 0 N–H and O–H groups in total. The first-order chi connectivity index (χ1) is 4.88. The fourth-order valence-electron chi connectivity index (χ4n) is 0.702. The molecule has 0 amide bonds. The number of rotatable bonds is 1. The lowest BCUT2D eigenvalue weighted by molar-refractivity contribution is 0.524. The minimum atomic E-state index is 0.942. The first-order valence-electron chi connectivity index (χ1n) is 3.00. The summed E-state index contributed by atoms with van der Waals surface area (Å²) in [5.74, 6) is 0. The summed E-state index contributed by atoms with van der Waals surface area (Å²) in [6, 6.07) is 0. The van der Waals surface area contributed by atoms with Gasteiger partial charge in [-0.05, 0) is 6.92 Å². The van der Waals surface area contributed by atoms with Crippen LogP contribution in [0, 0.1) is 0 Å². The molecule has 0 atom stereocenters. The SMILES string of the molecule is C=NN1C=CN=C/C1=C/C. The molecule has 3 heteroatoms. The monoisotopic (exact) mass is 135 g/mol. The second kappa shape index (κ2) is 2.96. The van der Waals surface area contributed by atoms with Crippen molar-refractivity contribution in [2.75, 3.05) is 0 Å². The summed E-state index contributed by atoms with van der Waals surface area (Å²) in [5.41, 5.74) is 0.942. The quantitative estimate of drug-likeness (QED) is 0.499. The van der Waals surface area contributed by atoms with Crippen LogP contribution in [0.3, 0.4) is 0 Å². The number of allylic oxidation sites excluding steroid dienone is 2. The van der Waals surface area contributed by atoms with E-state index in [4.69, 9.17) is 0 Å². The molecule has 0 fully saturated rings. The smallest absolute Gasteiger partial charge is 0.0785 e. The summed E-state index contributed by atoms with van der Waals surface area (Å²) in [6.45, 7) is 5.33. The number of nitrogens with zero attached hydrogens (tertiary/aromatic N) is 3. The number of hydrogen-bond donors (Lipinski definition) is 0. The van der Waals surface area contributed by atoms with Crippen molar-refractivity contribution in [1.29, 1.82) is 0 Å². The van der Waals surface area contributed by atoms with Crippen molar-refractivity contribution in [3.8, 4) is 0 Å². The van der Waals surface area contributed by atoms with E-state index in [1.54, 1.807) is 23.6 Å². The van der Waals surface area contributed by atoms with Crippen molar-refractivity contribution in [1.82, 2.24) is 5.01 Å². The zero-order valence-electron chi connectivity index (χ0n) is 5.86. The lowest BCUT2D eigenvalue weighted by Gasteiger charge is -2.15. The third-order valence-corrected chi connectivity index (χ3v) is 1.21. The maximum atomic E-state index is 3.92. The van der Waals surface area contributed by atoms with Crippen LogP contribution in [0.5, 0.6) is 0 Å². The third-order valence-electron chi connectivity index (χ3n) is 1.21. The van der Waals surface area contributed by atoms with E-state index in [0.717, 1.165) is 5.70 Å². The van der Waals surface area contributed by atoms with Gasteiger partial charge in [-0.25, -0.2) is 5.01 Å². The molecule has 0 saturated heterocycles. The number of hydrogen-bond acceptors (Lipinski definition) is 3. The lowest BCUT2D eigenvalue weighted by atomic mass is 10.4. The Bertz CT molecular complexity index is 213. The summed E-state index contributed by atoms with van der Waals surface area (Å²) in [4.78, 5) is 3.92. The van der Waals surface area contributed by atoms with Crippen LogP contribution in [-0.4, -0.2) is 17.9 Å². The maximum Gasteiger partial charge on any atom is 0.0785 e. The highest BCUT2D eigenvalue weighted by atomic mass is 15.4. The van der Waals surface area contributed by atoms with Crippen LogP contribution in [-0.2, 0) is 0 Å². The van der Waals surface area contributed by atoms with E-state index in [-0.39, 0.29) is 0 Å². The highest BCUT2D eigenvalue weighted by molar-refractivity contribution is 5.79. The summed E-state index contributed by atoms with van der Waals surface area (Å²) in [7, 11) is 0. The summed E-state index contributed by atoms with van der Waals surface area (Å²) in [5, 5.41) is 5.40. The molecule has 0 bridgehead atoms. The Kier molecular flexibility index (Phi) is 1.99. The van der Waals surface area contributed by atoms with Gasteiger partial charge in [0, 0.05) is 19.1 Å². The van der Waals surface area contributed by atoms with Gasteiger partial charge in [-0.15, -0.1) is 0 Å². The van der Waals surface area contributed by atoms with Crippen LogP contribution in [0.4, 0.5) is 0 Å². The summed E-state index contributed by atoms with van der Waals surface area (Å²) < 4.78 is 0. The molecule has 0 aromatic rings. The third kappa shape index (κ3) is 1.13. The van der Waals surface area contributed by atoms with Crippen LogP contribution in [0.1, 0.15) is 6.92 Å². The topological polar surface area (TPSA) is 28.0 Å². The minimum Gasteiger partial charge on any atom is -0.261 e. The van der Waals surface area contributed by atoms with Gasteiger partial charge in [0.1, 0.15) is 0 Å². The molecular weight excluding hydrogens is 126 g/mol. The Morgan fingerprint density at radius 3 is 3.10 bits per heavy atom. The van der Waals surface area contributed by atoms with Crippen LogP contribution in [0.15, 0.2) is 34.3 Å². The first kappa shape index (κ1) is 6.74. The average molecular weight is 135 g/mol. The highest BCUT2D eigenvalue weighted by Gasteiger charge is 2.01. The number of aliphatic imine (C=N–C) groups is 1. The van der Waals surface area contributed by atoms with Crippen molar-refractivity contribution in [3.05, 3.63) is 24.2 Å². The van der Waals surface area contributed by atoms with Gasteiger partial charge in [-0.1, -0.05) is 6.08 Å². The van der Waals surface area contributed by atoms with E-state index >= 15 is 0 Å². The van der Waals surface area contributed by atoms with Gasteiger partial charge in [-0.3, -0.25) is 4.99 Å². The van der Waals surface area contributed by atoms with E-state index in [0.29, 0.717) is 0 Å². The lowest BCUT2D eigenvalue weighted by Crippen LogP contribution is -2.11. The Labute approximate surface area is 60.1 Å². The predicted molar refractivity (Wildman–Crippen MR) is 42.8 cm³/mol. The Balaban J connectivity index is 2.83. The molecule has 0 spiro atoms. The van der Waals surface area contributed by atoms with Crippen LogP contribution in [0.2, 0.25) is 0 Å². The standard InChI is InChI=1S/C7H9N3/c1-3-7-6-9-4-5-10(7)8-2/h3-6H,2H2,1H3/b7-3-. The molecule has 0 aliphatic carbocycles. The van der Waals surface area contributed by atoms with Gasteiger partial charge in [-0.2, -0.15) is 5.10 Å². The zero-order valence-corrected chi connectivity index (χ0v) is 5.86. The Morgan fingerprint density at radius 2 is 2.60 bits per heavy atom. The molecule has 1 rings (SSSR count). The molecule has 10 heavy (non-hydrogen) atoms. The molecule has 0 aromatic carbocycles. The predicted octanol–water partition coefficient (Wildman–Crippen LogP) is 1.36. The van der Waals surface area contributed by atoms with E-state index in [2.05, 4.69) is 16.8 Å². The van der Waals surface area contributed by atoms with Crippen molar-refractivity contribution < 1.29 is 0 Å². The van der Waals surface area contributed by atoms with Crippen molar-refractivity contribution in [2.45, 2.75) is 6.92 Å². The van der Waals surface area contributed by atoms with Gasteiger partial charge in [0.05, 0.1) is 11.9 Å². The van der Waals surface area contributed by atoms with E-state index in [9.17, 15) is 0 Å². The van der Waals surface area contributed by atoms with Gasteiger partial charge in [0.15, 0.2) is 0 Å². The highest BCUT2D eigenvalue weighted by Crippen LogP contribution is 2.06. The molecule has 0 radical (unpaired) electrons. The Hall–Kier alpha value is -1.38. The average Bonchev–Trinajstić information content (AvgIpc) is 2.04. The van der Waals surface area contributed by atoms with E-state index < -0.39 is 0 Å². The minimum absolute atomic E-state index is 0.942. The second-order valence-electron chi connectivity index (χ2n) is 1.78. The fraction of sp³-hybridized carbons (Fsp3) is 0.143. The van der Waals surface area contributed by atoms with Crippen molar-refractivity contribution >= 4 is 12.9 Å². The van der Waals surface area contributed by atoms with Crippen LogP contribution >= 0.6 is 0 Å². The molecular formula is C7H9N3. The fourth-order valence-corrected chi connectivity index (χ4v) is 0.702. The molecule has 0 saturated carbocycles. The molecule has 1 aliphatic rings. The zero-order chi connectivity index (χ0) is 7.40. The van der Waals surface area contributed by atoms with Gasteiger partial charge < -0.3 is 0 Å². The van der Waals surface area contributed by atoms with Gasteiger partial charge in [0.2, 0.25) is 0 Å². The molecule has 3 nitrogen and oxygen atoms in total. The normalized spacial score (nSPS) is 20.1. The maximum absolute atomic E-state index is 3.92. The molecule has 1 heterocycles. The summed E-state index contributed by atoms with van der Waals surface area (Å²) >= 11 is 0. The van der Waals surface area contributed by atoms with Gasteiger partial charge in [0.25, 0.3) is 0 Å². The molecule has 0 unspecified atom stereocenters. The van der Waals surface area contributed by atoms with Crippen molar-refractivity contribution in [3.63, 3.8) is 0 Å². The van der Waals surface area contributed by atoms with E-state index in [1.807, 2.05) is 13.0 Å². The largest absolute Gasteiger partial charge is 0.261 e. The van der Waals surface area contributed by atoms with E-state index in [1.165, 1.54) is 0 Å². The van der Waals surface area contributed by atoms with Gasteiger partial charge >= 0.3 is 0 Å². The number of hydrazone groups is 1. The summed E-state index contributed by atoms with van der Waals surface area (Å²) in [6.07, 6.45) is 7.07. The van der Waals surface area contributed by atoms with Crippen LogP contribution < -0.4 is 0 Å². The second-order valence-corrected chi connectivity index (χ2v) is 1.78. The Morgan fingerprint density at radius 1 is 1.80 bits per heavy atom. The van der Waals surface area contributed by atoms with Crippen molar-refractivity contribution in [2.24, 2.45) is 10.1 Å². The molecule has 1 aliphatic heterocycles.